The number of aryl methyl sites for hydroxylation is 1. The monoisotopic (exact) mass is 262 g/mol. The predicted molar refractivity (Wildman–Crippen MR) is 68.6 cm³/mol. The van der Waals surface area contributed by atoms with E-state index < -0.39 is 4.92 Å². The minimum Gasteiger partial charge on any atom is -0.334 e. The summed E-state index contributed by atoms with van der Waals surface area (Å²) in [4.78, 5) is 14.8. The van der Waals surface area contributed by atoms with Crippen molar-refractivity contribution in [2.45, 2.75) is 19.8 Å². The summed E-state index contributed by atoms with van der Waals surface area (Å²) in [6.07, 6.45) is 0. The fraction of sp³-hybridized carbons (Fsp3) is 0.333. The van der Waals surface area contributed by atoms with Crippen LogP contribution in [0.2, 0.25) is 0 Å². The molecule has 100 valence electrons. The van der Waals surface area contributed by atoms with Gasteiger partial charge in [-0.3, -0.25) is 10.1 Å². The molecule has 1 unspecified atom stereocenters. The summed E-state index contributed by atoms with van der Waals surface area (Å²) in [5.41, 5.74) is 6.55. The summed E-state index contributed by atoms with van der Waals surface area (Å²) in [5.74, 6) is 0.552. The molecule has 0 saturated carbocycles. The van der Waals surface area contributed by atoms with Gasteiger partial charge in [-0.2, -0.15) is 4.98 Å². The lowest BCUT2D eigenvalue weighted by Gasteiger charge is -2.02. The molecule has 0 spiro atoms. The first-order valence-electron chi connectivity index (χ1n) is 5.82. The van der Waals surface area contributed by atoms with Crippen LogP contribution >= 0.6 is 0 Å². The van der Waals surface area contributed by atoms with Crippen molar-refractivity contribution in [3.05, 3.63) is 39.7 Å². The normalized spacial score (nSPS) is 12.4. The third kappa shape index (κ3) is 2.45. The molecule has 0 aliphatic rings. The molecule has 0 saturated heterocycles. The second-order valence-corrected chi connectivity index (χ2v) is 4.32. The highest BCUT2D eigenvalue weighted by Gasteiger charge is 2.23. The van der Waals surface area contributed by atoms with Crippen molar-refractivity contribution in [3.8, 4) is 11.5 Å². The number of hydrogen-bond donors (Lipinski definition) is 1. The molecule has 1 heterocycles. The lowest BCUT2D eigenvalue weighted by atomic mass is 10.1. The number of benzene rings is 1. The Morgan fingerprint density at radius 2 is 2.26 bits per heavy atom. The molecule has 0 amide bonds. The van der Waals surface area contributed by atoms with Gasteiger partial charge in [-0.05, 0) is 12.5 Å². The first-order valence-corrected chi connectivity index (χ1v) is 5.82. The minimum atomic E-state index is -0.460. The lowest BCUT2D eigenvalue weighted by molar-refractivity contribution is -0.384. The highest BCUT2D eigenvalue weighted by Crippen LogP contribution is 2.32. The van der Waals surface area contributed by atoms with Crippen LogP contribution in [0.3, 0.4) is 0 Å². The van der Waals surface area contributed by atoms with Crippen LogP contribution in [0.1, 0.15) is 24.2 Å². The molecule has 7 nitrogen and oxygen atoms in total. The summed E-state index contributed by atoms with van der Waals surface area (Å²) < 4.78 is 5.12. The maximum atomic E-state index is 11.0. The fourth-order valence-electron chi connectivity index (χ4n) is 1.72. The van der Waals surface area contributed by atoms with E-state index in [4.69, 9.17) is 10.3 Å². The number of nitrogens with zero attached hydrogens (tertiary/aromatic N) is 3. The van der Waals surface area contributed by atoms with Gasteiger partial charge in [0.05, 0.1) is 4.92 Å². The van der Waals surface area contributed by atoms with Gasteiger partial charge in [0.25, 0.3) is 11.6 Å². The Morgan fingerprint density at radius 1 is 1.53 bits per heavy atom. The maximum absolute atomic E-state index is 11.0. The molecule has 0 radical (unpaired) electrons. The predicted octanol–water partition coefficient (Wildman–Crippen LogP) is 2.02. The molecule has 1 atom stereocenters. The van der Waals surface area contributed by atoms with Crippen LogP contribution < -0.4 is 5.73 Å². The van der Waals surface area contributed by atoms with Crippen molar-refractivity contribution in [1.29, 1.82) is 0 Å². The van der Waals surface area contributed by atoms with Gasteiger partial charge in [0.2, 0.25) is 0 Å². The first-order chi connectivity index (χ1) is 9.04. The van der Waals surface area contributed by atoms with Crippen molar-refractivity contribution in [1.82, 2.24) is 10.1 Å². The summed E-state index contributed by atoms with van der Waals surface area (Å²) in [6.45, 7) is 4.01. The third-order valence-corrected chi connectivity index (χ3v) is 2.90. The molecule has 2 rings (SSSR count). The number of nitrogens with two attached hydrogens (primary N) is 1. The second kappa shape index (κ2) is 5.15. The smallest absolute Gasteiger partial charge is 0.282 e. The molecular weight excluding hydrogens is 248 g/mol. The molecule has 0 aliphatic heterocycles. The molecule has 0 aliphatic carbocycles. The van der Waals surface area contributed by atoms with E-state index in [2.05, 4.69) is 10.1 Å². The summed E-state index contributed by atoms with van der Waals surface area (Å²) >= 11 is 0. The molecule has 0 bridgehead atoms. The van der Waals surface area contributed by atoms with Gasteiger partial charge in [-0.1, -0.05) is 24.2 Å². The zero-order valence-corrected chi connectivity index (χ0v) is 10.7. The Hall–Kier alpha value is -2.28. The van der Waals surface area contributed by atoms with Crippen LogP contribution in [0.25, 0.3) is 11.5 Å². The molecule has 1 aromatic carbocycles. The van der Waals surface area contributed by atoms with Gasteiger partial charge in [0.15, 0.2) is 5.82 Å². The summed E-state index contributed by atoms with van der Waals surface area (Å²) in [5, 5.41) is 14.9. The Balaban J connectivity index is 2.53. The van der Waals surface area contributed by atoms with Crippen LogP contribution in [-0.2, 0) is 0 Å². The van der Waals surface area contributed by atoms with E-state index in [-0.39, 0.29) is 17.5 Å². The number of rotatable bonds is 4. The largest absolute Gasteiger partial charge is 0.334 e. The Kier molecular flexibility index (Phi) is 3.57. The zero-order valence-electron chi connectivity index (χ0n) is 10.7. The summed E-state index contributed by atoms with van der Waals surface area (Å²) in [6, 6.07) is 4.80. The van der Waals surface area contributed by atoms with Gasteiger partial charge in [0, 0.05) is 18.5 Å². The zero-order chi connectivity index (χ0) is 14.0. The van der Waals surface area contributed by atoms with Crippen LogP contribution in [-0.4, -0.2) is 21.6 Å². The Labute approximate surface area is 109 Å². The van der Waals surface area contributed by atoms with E-state index in [0.717, 1.165) is 0 Å². The van der Waals surface area contributed by atoms with E-state index in [1.807, 2.05) is 6.92 Å². The van der Waals surface area contributed by atoms with E-state index in [1.165, 1.54) is 6.07 Å². The molecule has 19 heavy (non-hydrogen) atoms. The van der Waals surface area contributed by atoms with Crippen molar-refractivity contribution in [2.75, 3.05) is 6.54 Å². The van der Waals surface area contributed by atoms with E-state index >= 15 is 0 Å². The van der Waals surface area contributed by atoms with Crippen molar-refractivity contribution in [2.24, 2.45) is 5.73 Å². The van der Waals surface area contributed by atoms with Gasteiger partial charge in [0.1, 0.15) is 5.56 Å². The van der Waals surface area contributed by atoms with Crippen molar-refractivity contribution >= 4 is 5.69 Å². The Morgan fingerprint density at radius 3 is 2.89 bits per heavy atom. The van der Waals surface area contributed by atoms with Crippen molar-refractivity contribution in [3.63, 3.8) is 0 Å². The molecular formula is C12H14N4O3. The molecule has 1 aromatic heterocycles. The van der Waals surface area contributed by atoms with Crippen molar-refractivity contribution < 1.29 is 9.45 Å². The molecule has 0 fully saturated rings. The van der Waals surface area contributed by atoms with Gasteiger partial charge >= 0.3 is 0 Å². The minimum absolute atomic E-state index is 0.0457. The number of nitro benzene ring substituents is 1. The Bertz CT molecular complexity index is 609. The first kappa shape index (κ1) is 13.2. The average Bonchev–Trinajstić information content (AvgIpc) is 2.86. The SMILES string of the molecule is Cc1cccc([N+](=O)[O-])c1-c1nc(C(C)CN)no1. The molecule has 2 N–H and O–H groups in total. The fourth-order valence-corrected chi connectivity index (χ4v) is 1.72. The van der Waals surface area contributed by atoms with Crippen LogP contribution in [0.5, 0.6) is 0 Å². The lowest BCUT2D eigenvalue weighted by Crippen LogP contribution is -2.10. The van der Waals surface area contributed by atoms with Gasteiger partial charge in [-0.25, -0.2) is 0 Å². The topological polar surface area (TPSA) is 108 Å². The van der Waals surface area contributed by atoms with E-state index in [1.54, 1.807) is 19.1 Å². The third-order valence-electron chi connectivity index (χ3n) is 2.90. The van der Waals surface area contributed by atoms with E-state index in [9.17, 15) is 10.1 Å². The highest BCUT2D eigenvalue weighted by molar-refractivity contribution is 5.70. The van der Waals surface area contributed by atoms with Crippen LogP contribution in [0, 0.1) is 17.0 Å². The number of hydrogen-bond acceptors (Lipinski definition) is 6. The van der Waals surface area contributed by atoms with E-state index in [0.29, 0.717) is 23.5 Å². The number of nitro groups is 1. The highest BCUT2D eigenvalue weighted by atomic mass is 16.6. The second-order valence-electron chi connectivity index (χ2n) is 4.32. The van der Waals surface area contributed by atoms with Gasteiger partial charge in [-0.15, -0.1) is 0 Å². The van der Waals surface area contributed by atoms with Crippen LogP contribution in [0.4, 0.5) is 5.69 Å². The standard InChI is InChI=1S/C12H14N4O3/c1-7-4-3-5-9(16(17)18)10(7)12-14-11(15-19-12)8(2)6-13/h3-5,8H,6,13H2,1-2H3. The summed E-state index contributed by atoms with van der Waals surface area (Å²) in [7, 11) is 0. The number of aromatic nitrogens is 2. The molecule has 2 aromatic rings. The van der Waals surface area contributed by atoms with Gasteiger partial charge < -0.3 is 10.3 Å². The maximum Gasteiger partial charge on any atom is 0.282 e. The van der Waals surface area contributed by atoms with Crippen LogP contribution in [0.15, 0.2) is 22.7 Å². The molecule has 7 heteroatoms. The quantitative estimate of drug-likeness (QED) is 0.667. The average molecular weight is 262 g/mol.